The van der Waals surface area contributed by atoms with E-state index in [1.54, 1.807) is 21.2 Å². The second-order valence-electron chi connectivity index (χ2n) is 10.2. The predicted octanol–water partition coefficient (Wildman–Crippen LogP) is 6.91. The second-order valence-corrected chi connectivity index (χ2v) is 14.7. The molecule has 0 aromatic heterocycles. The van der Waals surface area contributed by atoms with Crippen molar-refractivity contribution in [2.75, 3.05) is 12.3 Å². The lowest BCUT2D eigenvalue weighted by molar-refractivity contribution is 0.267. The Hall–Kier alpha value is -2.26. The predicted molar refractivity (Wildman–Crippen MR) is 156 cm³/mol. The Labute approximate surface area is 213 Å². The minimum Gasteiger partial charge on any atom is -0.0622 e. The zero-order valence-electron chi connectivity index (χ0n) is 20.3. The molecule has 0 heterocycles. The van der Waals surface area contributed by atoms with Gasteiger partial charge in [0.25, 0.3) is 0 Å². The van der Waals surface area contributed by atoms with E-state index in [1.807, 2.05) is 0 Å². The van der Waals surface area contributed by atoms with E-state index in [-0.39, 0.29) is 15.8 Å². The third-order valence-electron chi connectivity index (χ3n) is 8.33. The first-order chi connectivity index (χ1) is 17.4. The summed E-state index contributed by atoms with van der Waals surface area (Å²) >= 11 is 0. The number of hydrogen-bond acceptors (Lipinski definition) is 0. The van der Waals surface area contributed by atoms with Crippen molar-refractivity contribution in [3.63, 3.8) is 0 Å². The van der Waals surface area contributed by atoms with Crippen LogP contribution in [0.5, 0.6) is 0 Å². The summed E-state index contributed by atoms with van der Waals surface area (Å²) in [5, 5.41) is 6.18. The third-order valence-corrected chi connectivity index (χ3v) is 13.6. The zero-order valence-corrected chi connectivity index (χ0v) is 22.1. The maximum Gasteiger partial charge on any atom is -0.0195 e. The highest BCUT2D eigenvalue weighted by Gasteiger charge is 2.48. The van der Waals surface area contributed by atoms with Crippen molar-refractivity contribution in [2.45, 2.75) is 19.3 Å². The quantitative estimate of drug-likeness (QED) is 0.234. The van der Waals surface area contributed by atoms with Crippen LogP contribution in [0.1, 0.15) is 19.3 Å². The average Bonchev–Trinajstić information content (AvgIpc) is 3.54. The minimum atomic E-state index is -0.327. The van der Waals surface area contributed by atoms with E-state index in [9.17, 15) is 0 Å². The van der Waals surface area contributed by atoms with Crippen LogP contribution in [0.4, 0.5) is 0 Å². The normalized spacial score (nSPS) is 23.3. The maximum absolute atomic E-state index is 2.38. The molecule has 0 aliphatic heterocycles. The molecule has 2 fully saturated rings. The van der Waals surface area contributed by atoms with Crippen molar-refractivity contribution in [3.8, 4) is 0 Å². The lowest BCUT2D eigenvalue weighted by Gasteiger charge is -2.36. The minimum absolute atomic E-state index is 0.327. The Morgan fingerprint density at radius 2 is 0.714 bits per heavy atom. The van der Waals surface area contributed by atoms with Gasteiger partial charge in [-0.3, -0.25) is 0 Å². The van der Waals surface area contributed by atoms with Crippen LogP contribution in [0.15, 0.2) is 121 Å². The Balaban J connectivity index is 1.33. The first-order valence-electron chi connectivity index (χ1n) is 13.1. The molecule has 176 valence electrons. The van der Waals surface area contributed by atoms with E-state index < -0.39 is 0 Å². The van der Waals surface area contributed by atoms with Gasteiger partial charge in [0.2, 0.25) is 0 Å². The molecule has 0 saturated heterocycles. The molecule has 2 aliphatic rings. The molecule has 2 aliphatic carbocycles. The van der Waals surface area contributed by atoms with Crippen LogP contribution < -0.4 is 21.2 Å². The molecule has 4 aromatic carbocycles. The van der Waals surface area contributed by atoms with Crippen LogP contribution >= 0.6 is 15.8 Å². The highest BCUT2D eigenvalue weighted by Crippen LogP contribution is 2.58. The summed E-state index contributed by atoms with van der Waals surface area (Å²) in [7, 11) is -0.653. The summed E-state index contributed by atoms with van der Waals surface area (Å²) < 4.78 is 0. The van der Waals surface area contributed by atoms with Crippen molar-refractivity contribution in [1.82, 2.24) is 0 Å². The van der Waals surface area contributed by atoms with Gasteiger partial charge in [-0.2, -0.15) is 0 Å². The van der Waals surface area contributed by atoms with Crippen LogP contribution in [0.25, 0.3) is 0 Å². The molecule has 0 radical (unpaired) electrons. The summed E-state index contributed by atoms with van der Waals surface area (Å²) in [5.74, 6) is 3.53. The van der Waals surface area contributed by atoms with Gasteiger partial charge >= 0.3 is 0 Å². The monoisotopic (exact) mass is 492 g/mol. The van der Waals surface area contributed by atoms with Gasteiger partial charge in [0.1, 0.15) is 0 Å². The van der Waals surface area contributed by atoms with Gasteiger partial charge in [-0.15, -0.1) is 0 Å². The Bertz CT molecular complexity index is 1020. The fourth-order valence-electron chi connectivity index (χ4n) is 6.67. The maximum atomic E-state index is 2.38. The molecule has 4 atom stereocenters. The molecule has 2 heteroatoms. The summed E-state index contributed by atoms with van der Waals surface area (Å²) in [6, 6.07) is 45.5. The van der Waals surface area contributed by atoms with Gasteiger partial charge in [-0.05, 0) is 92.3 Å². The van der Waals surface area contributed by atoms with E-state index in [0.29, 0.717) is 0 Å². The fourth-order valence-corrected chi connectivity index (χ4v) is 12.2. The highest BCUT2D eigenvalue weighted by molar-refractivity contribution is 7.73. The van der Waals surface area contributed by atoms with Crippen LogP contribution in [0, 0.1) is 23.7 Å². The topological polar surface area (TPSA) is 0 Å². The average molecular weight is 493 g/mol. The summed E-state index contributed by atoms with van der Waals surface area (Å²) in [5.41, 5.74) is 0. The molecule has 2 unspecified atom stereocenters. The lowest BCUT2D eigenvalue weighted by Crippen LogP contribution is -2.32. The van der Waals surface area contributed by atoms with E-state index in [4.69, 9.17) is 0 Å². The third kappa shape index (κ3) is 5.03. The van der Waals surface area contributed by atoms with E-state index >= 15 is 0 Å². The summed E-state index contributed by atoms with van der Waals surface area (Å²) in [6.07, 6.45) is 7.07. The van der Waals surface area contributed by atoms with Crippen molar-refractivity contribution in [1.29, 1.82) is 0 Å². The van der Waals surface area contributed by atoms with Crippen molar-refractivity contribution in [2.24, 2.45) is 23.7 Å². The number of hydrogen-bond donors (Lipinski definition) is 0. The molecule has 35 heavy (non-hydrogen) atoms. The van der Waals surface area contributed by atoms with Gasteiger partial charge in [-0.25, -0.2) is 0 Å². The first-order valence-corrected chi connectivity index (χ1v) is 16.2. The van der Waals surface area contributed by atoms with Gasteiger partial charge in [0.05, 0.1) is 0 Å². The molecule has 0 N–H and O–H groups in total. The van der Waals surface area contributed by atoms with E-state index in [1.165, 1.54) is 31.6 Å². The lowest BCUT2D eigenvalue weighted by atomic mass is 9.81. The van der Waals surface area contributed by atoms with Gasteiger partial charge in [0, 0.05) is 0 Å². The van der Waals surface area contributed by atoms with Crippen LogP contribution in [0.2, 0.25) is 0 Å². The van der Waals surface area contributed by atoms with Gasteiger partial charge in [-0.1, -0.05) is 121 Å². The molecule has 0 spiro atoms. The highest BCUT2D eigenvalue weighted by atomic mass is 31.1. The molecule has 2 bridgehead atoms. The Kier molecular flexibility index (Phi) is 7.13. The SMILES string of the molecule is c1ccc(P(C[C@@H]2C3CCC(C3)[C@@H]2CP(c2ccccc2)c2ccccc2)c2ccccc2)cc1. The van der Waals surface area contributed by atoms with Crippen LogP contribution in [-0.4, -0.2) is 12.3 Å². The van der Waals surface area contributed by atoms with Gasteiger partial charge in [0.15, 0.2) is 0 Å². The molecule has 4 aromatic rings. The molecule has 0 nitrogen and oxygen atoms in total. The fraction of sp³-hybridized carbons (Fsp3) is 0.273. The van der Waals surface area contributed by atoms with Crippen LogP contribution in [0.3, 0.4) is 0 Å². The largest absolute Gasteiger partial charge is 0.0622 e. The van der Waals surface area contributed by atoms with Crippen molar-refractivity contribution < 1.29 is 0 Å². The first kappa shape index (κ1) is 23.2. The molecular weight excluding hydrogens is 458 g/mol. The Morgan fingerprint density at radius 3 is 1.00 bits per heavy atom. The number of fused-ring (bicyclic) bond motifs is 2. The Morgan fingerprint density at radius 1 is 0.429 bits per heavy atom. The summed E-state index contributed by atoms with van der Waals surface area (Å²) in [4.78, 5) is 0. The van der Waals surface area contributed by atoms with E-state index in [0.717, 1.165) is 23.7 Å². The van der Waals surface area contributed by atoms with Crippen molar-refractivity contribution in [3.05, 3.63) is 121 Å². The molecule has 0 amide bonds. The second kappa shape index (κ2) is 10.8. The molecule has 6 rings (SSSR count). The number of rotatable bonds is 8. The zero-order chi connectivity index (χ0) is 23.5. The molecular formula is C33H34P2. The summed E-state index contributed by atoms with van der Waals surface area (Å²) in [6.45, 7) is 0. The van der Waals surface area contributed by atoms with Crippen LogP contribution in [-0.2, 0) is 0 Å². The van der Waals surface area contributed by atoms with Gasteiger partial charge < -0.3 is 0 Å². The van der Waals surface area contributed by atoms with E-state index in [2.05, 4.69) is 121 Å². The number of benzene rings is 4. The smallest absolute Gasteiger partial charge is 0.0195 e. The molecule has 2 saturated carbocycles. The standard InChI is InChI=1S/C33H34P2/c1-5-13-28(14-6-1)34(29-15-7-2-8-16-29)24-32-26-21-22-27(23-26)33(32)25-35(30-17-9-3-10-18-30)31-19-11-4-12-20-31/h1-20,26-27,32-33H,21-25H2/t26?,27?,32-,33+. The van der Waals surface area contributed by atoms with Crippen molar-refractivity contribution >= 4 is 37.1 Å².